The quantitative estimate of drug-likeness (QED) is 0.322. The zero-order chi connectivity index (χ0) is 11.7. The predicted octanol–water partition coefficient (Wildman–Crippen LogP) is 1.36. The lowest BCUT2D eigenvalue weighted by atomic mass is 10.2. The molecule has 0 aromatic heterocycles. The van der Waals surface area contributed by atoms with Crippen LogP contribution in [0.5, 0.6) is 0 Å². The van der Waals surface area contributed by atoms with Gasteiger partial charge in [0, 0.05) is 18.4 Å². The van der Waals surface area contributed by atoms with Crippen molar-refractivity contribution in [3.8, 4) is 11.8 Å². The molecule has 0 heterocycles. The molecule has 0 fully saturated rings. The third kappa shape index (κ3) is 7.32. The zero-order valence-electron chi connectivity index (χ0n) is 8.71. The molecular weight excluding hydrogens is 196 g/mol. The summed E-state index contributed by atoms with van der Waals surface area (Å²) < 4.78 is 4.75. The van der Waals surface area contributed by atoms with Crippen LogP contribution in [-0.2, 0) is 14.3 Å². The maximum atomic E-state index is 11.1. The molecule has 0 aliphatic carbocycles. The summed E-state index contributed by atoms with van der Waals surface area (Å²) in [6, 6.07) is 0. The van der Waals surface area contributed by atoms with E-state index in [0.29, 0.717) is 6.42 Å². The van der Waals surface area contributed by atoms with Crippen molar-refractivity contribution >= 4 is 11.9 Å². The number of ether oxygens (including phenoxy) is 1. The normalized spacial score (nSPS) is 8.60. The Hall–Kier alpha value is -1.76. The van der Waals surface area contributed by atoms with Gasteiger partial charge in [0.15, 0.2) is 0 Å². The van der Waals surface area contributed by atoms with Crippen LogP contribution in [0.2, 0.25) is 0 Å². The van der Waals surface area contributed by atoms with Crippen molar-refractivity contribution in [1.29, 1.82) is 0 Å². The smallest absolute Gasteiger partial charge is 0.334 e. The van der Waals surface area contributed by atoms with Gasteiger partial charge in [-0.1, -0.05) is 19.4 Å². The Kier molecular flexibility index (Phi) is 6.73. The van der Waals surface area contributed by atoms with E-state index in [4.69, 9.17) is 9.84 Å². The van der Waals surface area contributed by atoms with Crippen LogP contribution < -0.4 is 0 Å². The molecule has 0 amide bonds. The lowest BCUT2D eigenvalue weighted by Crippen LogP contribution is -2.11. The lowest BCUT2D eigenvalue weighted by molar-refractivity contribution is -0.142. The summed E-state index contributed by atoms with van der Waals surface area (Å²) in [6.07, 6.45) is 0.832. The number of carbonyl (C=O) groups is 2. The number of carbonyl (C=O) groups excluding carboxylic acids is 1. The van der Waals surface area contributed by atoms with Gasteiger partial charge in [0.2, 0.25) is 0 Å². The van der Waals surface area contributed by atoms with Crippen LogP contribution in [0.1, 0.15) is 26.2 Å². The van der Waals surface area contributed by atoms with Crippen LogP contribution in [0.3, 0.4) is 0 Å². The molecule has 0 unspecified atom stereocenters. The van der Waals surface area contributed by atoms with Gasteiger partial charge in [0.25, 0.3) is 0 Å². The Balaban J connectivity index is 3.74. The molecule has 0 rings (SSSR count). The van der Waals surface area contributed by atoms with Gasteiger partial charge in [0.05, 0.1) is 6.42 Å². The van der Waals surface area contributed by atoms with Gasteiger partial charge >= 0.3 is 11.9 Å². The molecule has 0 aromatic carbocycles. The van der Waals surface area contributed by atoms with Gasteiger partial charge in [-0.3, -0.25) is 4.79 Å². The maximum absolute atomic E-state index is 11.1. The Morgan fingerprint density at radius 3 is 2.60 bits per heavy atom. The summed E-state index contributed by atoms with van der Waals surface area (Å²) >= 11 is 0. The van der Waals surface area contributed by atoms with Crippen molar-refractivity contribution in [2.75, 3.05) is 6.61 Å². The van der Waals surface area contributed by atoms with Crippen LogP contribution in [0.4, 0.5) is 0 Å². The van der Waals surface area contributed by atoms with Crippen LogP contribution in [0.25, 0.3) is 0 Å². The summed E-state index contributed by atoms with van der Waals surface area (Å²) in [7, 11) is 0. The topological polar surface area (TPSA) is 63.6 Å². The second kappa shape index (κ2) is 7.63. The van der Waals surface area contributed by atoms with E-state index < -0.39 is 11.9 Å². The SMILES string of the molecule is C=C(CC(=O)O)C(=O)OCCC#CCC. The van der Waals surface area contributed by atoms with Crippen molar-refractivity contribution in [2.45, 2.75) is 26.2 Å². The second-order valence-electron chi connectivity index (χ2n) is 2.77. The first kappa shape index (κ1) is 13.2. The number of rotatable bonds is 5. The van der Waals surface area contributed by atoms with Crippen molar-refractivity contribution in [1.82, 2.24) is 0 Å². The molecule has 0 aliphatic heterocycles. The Labute approximate surface area is 88.9 Å². The Morgan fingerprint density at radius 2 is 2.07 bits per heavy atom. The molecule has 0 saturated heterocycles. The van der Waals surface area contributed by atoms with Crippen molar-refractivity contribution in [2.24, 2.45) is 0 Å². The Bertz CT molecular complexity index is 306. The molecular formula is C11H14O4. The zero-order valence-corrected chi connectivity index (χ0v) is 8.71. The average Bonchev–Trinajstić information content (AvgIpc) is 2.16. The van der Waals surface area contributed by atoms with Crippen LogP contribution in [0, 0.1) is 11.8 Å². The van der Waals surface area contributed by atoms with E-state index >= 15 is 0 Å². The molecule has 4 nitrogen and oxygen atoms in total. The van der Waals surface area contributed by atoms with Gasteiger partial charge in [0.1, 0.15) is 6.61 Å². The van der Waals surface area contributed by atoms with E-state index in [-0.39, 0.29) is 18.6 Å². The van der Waals surface area contributed by atoms with Gasteiger partial charge in [-0.2, -0.15) is 0 Å². The van der Waals surface area contributed by atoms with Gasteiger partial charge < -0.3 is 9.84 Å². The van der Waals surface area contributed by atoms with Gasteiger partial charge in [-0.25, -0.2) is 4.79 Å². The highest BCUT2D eigenvalue weighted by Crippen LogP contribution is 2.01. The first-order chi connectivity index (χ1) is 7.07. The monoisotopic (exact) mass is 210 g/mol. The second-order valence-corrected chi connectivity index (χ2v) is 2.77. The summed E-state index contributed by atoms with van der Waals surface area (Å²) in [5.41, 5.74) is -0.0500. The molecule has 1 N–H and O–H groups in total. The van der Waals surface area contributed by atoms with Crippen LogP contribution in [0.15, 0.2) is 12.2 Å². The largest absolute Gasteiger partial charge is 0.481 e. The third-order valence-electron chi connectivity index (χ3n) is 1.42. The van der Waals surface area contributed by atoms with E-state index in [2.05, 4.69) is 18.4 Å². The molecule has 0 spiro atoms. The highest BCUT2D eigenvalue weighted by atomic mass is 16.5. The predicted molar refractivity (Wildman–Crippen MR) is 55.0 cm³/mol. The fourth-order valence-corrected chi connectivity index (χ4v) is 0.765. The number of carboxylic acid groups (broad SMARTS) is 1. The fraction of sp³-hybridized carbons (Fsp3) is 0.455. The fourth-order valence-electron chi connectivity index (χ4n) is 0.765. The number of aliphatic carboxylic acids is 1. The molecule has 82 valence electrons. The molecule has 0 bridgehead atoms. The van der Waals surface area contributed by atoms with Crippen molar-refractivity contribution < 1.29 is 19.4 Å². The average molecular weight is 210 g/mol. The van der Waals surface area contributed by atoms with Crippen molar-refractivity contribution in [3.63, 3.8) is 0 Å². The van der Waals surface area contributed by atoms with Crippen molar-refractivity contribution in [3.05, 3.63) is 12.2 Å². The third-order valence-corrected chi connectivity index (χ3v) is 1.42. The molecule has 0 saturated carbocycles. The maximum Gasteiger partial charge on any atom is 0.334 e. The van der Waals surface area contributed by atoms with Gasteiger partial charge in [-0.15, -0.1) is 5.92 Å². The highest BCUT2D eigenvalue weighted by molar-refractivity contribution is 5.92. The number of esters is 1. The molecule has 4 heteroatoms. The number of hydrogen-bond acceptors (Lipinski definition) is 3. The minimum absolute atomic E-state index is 0.0500. The summed E-state index contributed by atoms with van der Waals surface area (Å²) in [6.45, 7) is 5.41. The molecule has 0 aliphatic rings. The van der Waals surface area contributed by atoms with E-state index in [1.54, 1.807) is 0 Å². The van der Waals surface area contributed by atoms with E-state index in [0.717, 1.165) is 6.42 Å². The molecule has 15 heavy (non-hydrogen) atoms. The van der Waals surface area contributed by atoms with E-state index in [1.807, 2.05) is 6.92 Å². The summed E-state index contributed by atoms with van der Waals surface area (Å²) in [5, 5.41) is 8.38. The summed E-state index contributed by atoms with van der Waals surface area (Å²) in [5.74, 6) is 3.86. The summed E-state index contributed by atoms with van der Waals surface area (Å²) in [4.78, 5) is 21.3. The molecule has 0 atom stereocenters. The molecule has 0 radical (unpaired) electrons. The Morgan fingerprint density at radius 1 is 1.40 bits per heavy atom. The minimum Gasteiger partial charge on any atom is -0.481 e. The lowest BCUT2D eigenvalue weighted by Gasteiger charge is -2.02. The highest BCUT2D eigenvalue weighted by Gasteiger charge is 2.11. The van der Waals surface area contributed by atoms with E-state index in [9.17, 15) is 9.59 Å². The molecule has 0 aromatic rings. The first-order valence-electron chi connectivity index (χ1n) is 4.60. The minimum atomic E-state index is -1.09. The number of hydrogen-bond donors (Lipinski definition) is 1. The number of carboxylic acids is 1. The van der Waals surface area contributed by atoms with Crippen LogP contribution in [-0.4, -0.2) is 23.7 Å². The standard InChI is InChI=1S/C11H14O4/c1-3-4-5-6-7-15-11(14)9(2)8-10(12)13/h2-3,6-8H2,1H3,(H,12,13). The van der Waals surface area contributed by atoms with E-state index in [1.165, 1.54) is 0 Å². The van der Waals surface area contributed by atoms with Gasteiger partial charge in [-0.05, 0) is 0 Å². The first-order valence-corrected chi connectivity index (χ1v) is 4.60. The van der Waals surface area contributed by atoms with Crippen LogP contribution >= 0.6 is 0 Å².